The molecule has 0 saturated carbocycles. The Labute approximate surface area is 186 Å². The number of carbonyl (C=O) groups excluding carboxylic acids is 1. The average Bonchev–Trinajstić information content (AvgIpc) is 2.75. The topological polar surface area (TPSA) is 149 Å². The molecule has 2 aromatic carbocycles. The van der Waals surface area contributed by atoms with E-state index < -0.39 is 23.9 Å². The first-order valence-corrected chi connectivity index (χ1v) is 10.7. The second kappa shape index (κ2) is 10.1. The Bertz CT molecular complexity index is 1220. The number of thioether (sulfide) groups is 1. The van der Waals surface area contributed by atoms with Gasteiger partial charge in [0.05, 0.1) is 10.9 Å². The number of nitrogens with zero attached hydrogens (tertiary/aromatic N) is 1. The van der Waals surface area contributed by atoms with E-state index in [1.165, 1.54) is 11.8 Å². The first kappa shape index (κ1) is 23.0. The van der Waals surface area contributed by atoms with E-state index in [9.17, 15) is 19.2 Å². The van der Waals surface area contributed by atoms with E-state index in [4.69, 9.17) is 10.2 Å². The fourth-order valence-electron chi connectivity index (χ4n) is 3.03. The van der Waals surface area contributed by atoms with E-state index in [-0.39, 0.29) is 24.0 Å². The zero-order valence-electron chi connectivity index (χ0n) is 17.1. The predicted molar refractivity (Wildman–Crippen MR) is 119 cm³/mol. The molecule has 1 atom stereocenters. The van der Waals surface area contributed by atoms with Gasteiger partial charge in [0, 0.05) is 22.6 Å². The summed E-state index contributed by atoms with van der Waals surface area (Å²) in [6.45, 7) is 1.73. The molecule has 1 amide bonds. The van der Waals surface area contributed by atoms with Crippen molar-refractivity contribution in [3.8, 4) is 0 Å². The Morgan fingerprint density at radius 2 is 1.84 bits per heavy atom. The van der Waals surface area contributed by atoms with E-state index in [1.807, 2.05) is 12.1 Å². The number of hydrogen-bond acceptors (Lipinski definition) is 6. The molecular weight excluding hydrogens is 434 g/mol. The molecule has 0 aliphatic heterocycles. The number of benzene rings is 2. The van der Waals surface area contributed by atoms with Crippen molar-refractivity contribution in [3.63, 3.8) is 0 Å². The molecule has 0 bridgehead atoms. The van der Waals surface area contributed by atoms with Crippen LogP contribution in [0, 0.1) is 6.92 Å². The molecule has 3 aromatic rings. The van der Waals surface area contributed by atoms with Crippen molar-refractivity contribution in [2.75, 3.05) is 0 Å². The molecule has 0 saturated heterocycles. The van der Waals surface area contributed by atoms with Crippen molar-refractivity contribution in [2.45, 2.75) is 36.5 Å². The average molecular weight is 455 g/mol. The Morgan fingerprint density at radius 3 is 2.50 bits per heavy atom. The van der Waals surface area contributed by atoms with Gasteiger partial charge in [-0.25, -0.2) is 9.78 Å². The smallest absolute Gasteiger partial charge is 0.326 e. The Balaban J connectivity index is 1.62. The molecule has 1 aromatic heterocycles. The van der Waals surface area contributed by atoms with Gasteiger partial charge in [0.1, 0.15) is 11.9 Å². The summed E-state index contributed by atoms with van der Waals surface area (Å²) in [4.78, 5) is 54.2. The monoisotopic (exact) mass is 455 g/mol. The quantitative estimate of drug-likeness (QED) is 0.360. The van der Waals surface area contributed by atoms with Gasteiger partial charge in [-0.2, -0.15) is 0 Å². The molecule has 0 fully saturated rings. The number of fused-ring (bicyclic) bond motifs is 1. The van der Waals surface area contributed by atoms with Crippen LogP contribution in [0.4, 0.5) is 0 Å². The number of carboxylic acid groups (broad SMARTS) is 2. The fourth-order valence-corrected chi connectivity index (χ4v) is 3.87. The highest BCUT2D eigenvalue weighted by Gasteiger charge is 2.21. The highest BCUT2D eigenvalue weighted by molar-refractivity contribution is 7.98. The fraction of sp³-hybridized carbons (Fsp3) is 0.227. The Kier molecular flexibility index (Phi) is 7.26. The number of H-pyrrole nitrogens is 1. The van der Waals surface area contributed by atoms with Crippen LogP contribution in [0.5, 0.6) is 0 Å². The van der Waals surface area contributed by atoms with Crippen molar-refractivity contribution in [3.05, 3.63) is 69.8 Å². The number of carboxylic acids is 2. The highest BCUT2D eigenvalue weighted by Crippen LogP contribution is 2.24. The van der Waals surface area contributed by atoms with Gasteiger partial charge in [-0.05, 0) is 55.3 Å². The molecule has 1 heterocycles. The van der Waals surface area contributed by atoms with Gasteiger partial charge in [-0.3, -0.25) is 14.4 Å². The van der Waals surface area contributed by atoms with E-state index >= 15 is 0 Å². The molecule has 0 spiro atoms. The lowest BCUT2D eigenvalue weighted by molar-refractivity contribution is -0.140. The van der Waals surface area contributed by atoms with Gasteiger partial charge in [0.2, 0.25) is 0 Å². The minimum Gasteiger partial charge on any atom is -0.481 e. The molecule has 0 aliphatic carbocycles. The van der Waals surface area contributed by atoms with Crippen LogP contribution >= 0.6 is 11.8 Å². The number of carbonyl (C=O) groups is 3. The van der Waals surface area contributed by atoms with Gasteiger partial charge in [0.25, 0.3) is 11.5 Å². The number of aromatic nitrogens is 2. The van der Waals surface area contributed by atoms with Crippen molar-refractivity contribution in [2.24, 2.45) is 0 Å². The van der Waals surface area contributed by atoms with Crippen molar-refractivity contribution in [1.29, 1.82) is 0 Å². The maximum absolute atomic E-state index is 12.3. The lowest BCUT2D eigenvalue weighted by atomic mass is 10.1. The summed E-state index contributed by atoms with van der Waals surface area (Å²) in [7, 11) is 0. The van der Waals surface area contributed by atoms with Crippen LogP contribution in [-0.4, -0.2) is 44.1 Å². The number of rotatable bonds is 9. The lowest BCUT2D eigenvalue weighted by Gasteiger charge is -2.13. The second-order valence-corrected chi connectivity index (χ2v) is 8.16. The van der Waals surface area contributed by atoms with Gasteiger partial charge in [-0.15, -0.1) is 11.8 Å². The van der Waals surface area contributed by atoms with Crippen LogP contribution in [0.2, 0.25) is 0 Å². The lowest BCUT2D eigenvalue weighted by Crippen LogP contribution is -2.41. The number of aryl methyl sites for hydroxylation is 1. The maximum atomic E-state index is 12.3. The molecular formula is C22H21N3O6S. The molecule has 166 valence electrons. The Hall–Kier alpha value is -3.66. The molecule has 32 heavy (non-hydrogen) atoms. The molecule has 4 N–H and O–H groups in total. The first-order valence-electron chi connectivity index (χ1n) is 9.71. The van der Waals surface area contributed by atoms with Crippen molar-refractivity contribution >= 4 is 40.5 Å². The van der Waals surface area contributed by atoms with Gasteiger partial charge >= 0.3 is 11.9 Å². The zero-order valence-corrected chi connectivity index (χ0v) is 17.9. The summed E-state index contributed by atoms with van der Waals surface area (Å²) >= 11 is 1.52. The summed E-state index contributed by atoms with van der Waals surface area (Å²) in [6, 6.07) is 10.9. The van der Waals surface area contributed by atoms with Crippen LogP contribution in [-0.2, 0) is 15.3 Å². The summed E-state index contributed by atoms with van der Waals surface area (Å²) in [5, 5.41) is 20.7. The maximum Gasteiger partial charge on any atom is 0.326 e. The van der Waals surface area contributed by atoms with Gasteiger partial charge in [-0.1, -0.05) is 6.07 Å². The highest BCUT2D eigenvalue weighted by atomic mass is 32.2. The van der Waals surface area contributed by atoms with E-state index in [2.05, 4.69) is 15.3 Å². The van der Waals surface area contributed by atoms with Crippen LogP contribution in [0.15, 0.2) is 52.2 Å². The van der Waals surface area contributed by atoms with Crippen molar-refractivity contribution in [1.82, 2.24) is 15.3 Å². The number of aromatic amines is 1. The predicted octanol–water partition coefficient (Wildman–Crippen LogP) is 2.57. The summed E-state index contributed by atoms with van der Waals surface area (Å²) < 4.78 is 0. The van der Waals surface area contributed by atoms with Gasteiger partial charge < -0.3 is 20.5 Å². The number of hydrogen-bond donors (Lipinski definition) is 4. The van der Waals surface area contributed by atoms with Crippen molar-refractivity contribution < 1.29 is 24.6 Å². The third-order valence-electron chi connectivity index (χ3n) is 4.66. The molecule has 0 aliphatic rings. The van der Waals surface area contributed by atoms with E-state index in [0.717, 1.165) is 10.5 Å². The first-order chi connectivity index (χ1) is 15.2. The Morgan fingerprint density at radius 1 is 1.12 bits per heavy atom. The van der Waals surface area contributed by atoms with Gasteiger partial charge in [0.15, 0.2) is 0 Å². The molecule has 3 rings (SSSR count). The van der Waals surface area contributed by atoms with Crippen LogP contribution in [0.1, 0.15) is 34.6 Å². The normalized spacial score (nSPS) is 11.8. The molecule has 9 nitrogen and oxygen atoms in total. The third-order valence-corrected chi connectivity index (χ3v) is 5.74. The molecule has 0 radical (unpaired) electrons. The number of amides is 1. The van der Waals surface area contributed by atoms with Crippen LogP contribution in [0.3, 0.4) is 0 Å². The second-order valence-electron chi connectivity index (χ2n) is 7.11. The van der Waals surface area contributed by atoms with E-state index in [0.29, 0.717) is 22.5 Å². The standard InChI is InChI=1S/C22H21N3O6S/c1-12-23-17-7-2-13(10-16(17)21(29)24-12)11-32-15-5-3-14(4-6-15)20(28)25-18(22(30)31)8-9-19(26)27/h2-7,10,18H,8-9,11H2,1H3,(H,25,28)(H,26,27)(H,30,31)(H,23,24,29)/t18-/m0/s1. The minimum atomic E-state index is -1.29. The third kappa shape index (κ3) is 5.94. The number of nitrogens with one attached hydrogen (secondary N) is 2. The van der Waals surface area contributed by atoms with Crippen LogP contribution in [0.25, 0.3) is 10.9 Å². The summed E-state index contributed by atoms with van der Waals surface area (Å²) in [6.07, 6.45) is -0.558. The molecule has 10 heteroatoms. The zero-order chi connectivity index (χ0) is 23.3. The largest absolute Gasteiger partial charge is 0.481 e. The summed E-state index contributed by atoms with van der Waals surface area (Å²) in [5.74, 6) is -1.84. The minimum absolute atomic E-state index is 0.183. The summed E-state index contributed by atoms with van der Waals surface area (Å²) in [5.41, 5.74) is 1.67. The number of aliphatic carboxylic acids is 2. The molecule has 0 unspecified atom stereocenters. The van der Waals surface area contributed by atoms with Crippen LogP contribution < -0.4 is 10.9 Å². The van der Waals surface area contributed by atoms with E-state index in [1.54, 1.807) is 37.3 Å². The SMILES string of the molecule is Cc1nc2ccc(CSc3ccc(C(=O)N[C@@H](CCC(=O)O)C(=O)O)cc3)cc2c(=O)[nH]1.